The van der Waals surface area contributed by atoms with Gasteiger partial charge in [0.15, 0.2) is 23.1 Å². The van der Waals surface area contributed by atoms with Gasteiger partial charge in [0.05, 0.1) is 13.2 Å². The van der Waals surface area contributed by atoms with Crippen molar-refractivity contribution < 1.29 is 4.74 Å². The van der Waals surface area contributed by atoms with Crippen LogP contribution in [0.3, 0.4) is 0 Å². The largest absolute Gasteiger partial charge is 0.372 e. The molecule has 27 heavy (non-hydrogen) atoms. The van der Waals surface area contributed by atoms with Crippen LogP contribution in [0.25, 0.3) is 17.0 Å². The van der Waals surface area contributed by atoms with Crippen molar-refractivity contribution in [3.05, 3.63) is 54.1 Å². The van der Waals surface area contributed by atoms with Crippen LogP contribution in [-0.2, 0) is 24.4 Å². The highest BCUT2D eigenvalue weighted by molar-refractivity contribution is 5.59. The fraction of sp³-hybridized carbons (Fsp3) is 0.278. The molecule has 136 valence electrons. The first-order chi connectivity index (χ1) is 13.3. The normalized spacial score (nSPS) is 13.7. The molecule has 0 fully saturated rings. The molecule has 0 atom stereocenters. The summed E-state index contributed by atoms with van der Waals surface area (Å²) in [6.07, 6.45) is 0. The summed E-state index contributed by atoms with van der Waals surface area (Å²) in [6, 6.07) is 13.8. The average Bonchev–Trinajstić information content (AvgIpc) is 3.32. The molecule has 4 heterocycles. The molecule has 9 heteroatoms. The summed E-state index contributed by atoms with van der Waals surface area (Å²) in [5.41, 5.74) is 1.69. The van der Waals surface area contributed by atoms with Gasteiger partial charge in [-0.2, -0.15) is 4.52 Å². The standard InChI is InChI=1S/C18H18N8O/c1-24(11-16-20-21-17-12-27-10-9-25(16)17)15-8-7-14-19-22-18(26(14)23-15)13-5-3-2-4-6-13/h2-8H,9-12H2,1H3. The first-order valence-corrected chi connectivity index (χ1v) is 8.77. The average molecular weight is 362 g/mol. The SMILES string of the molecule is CN(Cc1nnc2n1CCOC2)c1ccc2nnc(-c3ccccc3)n2n1. The van der Waals surface area contributed by atoms with Crippen LogP contribution in [0.5, 0.6) is 0 Å². The van der Waals surface area contributed by atoms with E-state index in [1.807, 2.05) is 54.4 Å². The van der Waals surface area contributed by atoms with Crippen LogP contribution < -0.4 is 4.90 Å². The number of aromatic nitrogens is 7. The van der Waals surface area contributed by atoms with Gasteiger partial charge in [-0.3, -0.25) is 0 Å². The van der Waals surface area contributed by atoms with Crippen molar-refractivity contribution >= 4 is 11.5 Å². The summed E-state index contributed by atoms with van der Waals surface area (Å²) in [7, 11) is 1.99. The number of fused-ring (bicyclic) bond motifs is 2. The summed E-state index contributed by atoms with van der Waals surface area (Å²) in [5.74, 6) is 3.31. The number of benzene rings is 1. The van der Waals surface area contributed by atoms with Crippen molar-refractivity contribution in [2.45, 2.75) is 19.7 Å². The zero-order valence-corrected chi connectivity index (χ0v) is 14.9. The Balaban J connectivity index is 1.47. The maximum absolute atomic E-state index is 5.43. The molecule has 5 rings (SSSR count). The first kappa shape index (κ1) is 15.9. The summed E-state index contributed by atoms with van der Waals surface area (Å²) < 4.78 is 9.32. The quantitative estimate of drug-likeness (QED) is 0.544. The zero-order valence-electron chi connectivity index (χ0n) is 14.9. The van der Waals surface area contributed by atoms with Gasteiger partial charge in [0, 0.05) is 19.2 Å². The minimum atomic E-state index is 0.516. The molecule has 0 saturated heterocycles. The lowest BCUT2D eigenvalue weighted by Gasteiger charge is -2.20. The highest BCUT2D eigenvalue weighted by atomic mass is 16.5. The molecular formula is C18H18N8O. The van der Waals surface area contributed by atoms with Crippen molar-refractivity contribution in [3.8, 4) is 11.4 Å². The van der Waals surface area contributed by atoms with E-state index in [1.165, 1.54) is 0 Å². The van der Waals surface area contributed by atoms with Crippen molar-refractivity contribution in [2.24, 2.45) is 0 Å². The van der Waals surface area contributed by atoms with Crippen LogP contribution in [0.2, 0.25) is 0 Å². The third-order valence-electron chi connectivity index (χ3n) is 4.64. The number of rotatable bonds is 4. The molecule has 0 amide bonds. The minimum absolute atomic E-state index is 0.516. The van der Waals surface area contributed by atoms with Crippen LogP contribution in [-0.4, -0.2) is 48.2 Å². The molecule has 1 aliphatic heterocycles. The Morgan fingerprint density at radius 3 is 2.81 bits per heavy atom. The Hall–Kier alpha value is -3.33. The zero-order chi connectivity index (χ0) is 18.2. The predicted molar refractivity (Wildman–Crippen MR) is 98.0 cm³/mol. The second kappa shape index (κ2) is 6.44. The first-order valence-electron chi connectivity index (χ1n) is 8.77. The third kappa shape index (κ3) is 2.81. The predicted octanol–water partition coefficient (Wildman–Crippen LogP) is 1.55. The van der Waals surface area contributed by atoms with E-state index in [1.54, 1.807) is 4.52 Å². The van der Waals surface area contributed by atoms with E-state index in [0.717, 1.165) is 35.4 Å². The number of hydrogen-bond acceptors (Lipinski definition) is 7. The van der Waals surface area contributed by atoms with Gasteiger partial charge in [-0.25, -0.2) is 0 Å². The van der Waals surface area contributed by atoms with Gasteiger partial charge in [-0.05, 0) is 12.1 Å². The van der Waals surface area contributed by atoms with Gasteiger partial charge in [-0.1, -0.05) is 30.3 Å². The van der Waals surface area contributed by atoms with Crippen molar-refractivity contribution in [1.82, 2.24) is 34.6 Å². The fourth-order valence-corrected chi connectivity index (χ4v) is 3.22. The van der Waals surface area contributed by atoms with E-state index in [0.29, 0.717) is 25.4 Å². The van der Waals surface area contributed by atoms with Crippen LogP contribution in [0.1, 0.15) is 11.6 Å². The highest BCUT2D eigenvalue weighted by Gasteiger charge is 2.18. The second-order valence-electron chi connectivity index (χ2n) is 6.44. The molecule has 0 spiro atoms. The van der Waals surface area contributed by atoms with Gasteiger partial charge in [0.25, 0.3) is 0 Å². The Kier molecular flexibility index (Phi) is 3.79. The van der Waals surface area contributed by atoms with Crippen LogP contribution in [0.4, 0.5) is 5.82 Å². The molecular weight excluding hydrogens is 344 g/mol. The Bertz CT molecular complexity index is 1090. The summed E-state index contributed by atoms with van der Waals surface area (Å²) in [5, 5.41) is 21.8. The van der Waals surface area contributed by atoms with Crippen molar-refractivity contribution in [3.63, 3.8) is 0 Å². The molecule has 0 bridgehead atoms. The molecule has 1 aromatic carbocycles. The molecule has 1 aliphatic rings. The molecule has 0 N–H and O–H groups in total. The van der Waals surface area contributed by atoms with E-state index in [2.05, 4.69) is 25.0 Å². The topological polar surface area (TPSA) is 86.3 Å². The lowest BCUT2D eigenvalue weighted by molar-refractivity contribution is 0.0806. The number of nitrogens with zero attached hydrogens (tertiary/aromatic N) is 8. The molecule has 0 aliphatic carbocycles. The molecule has 0 saturated carbocycles. The Morgan fingerprint density at radius 1 is 1.04 bits per heavy atom. The summed E-state index contributed by atoms with van der Waals surface area (Å²) in [4.78, 5) is 2.04. The lowest BCUT2D eigenvalue weighted by Crippen LogP contribution is -2.24. The smallest absolute Gasteiger partial charge is 0.185 e. The van der Waals surface area contributed by atoms with Crippen LogP contribution >= 0.6 is 0 Å². The van der Waals surface area contributed by atoms with Gasteiger partial charge >= 0.3 is 0 Å². The van der Waals surface area contributed by atoms with E-state index >= 15 is 0 Å². The third-order valence-corrected chi connectivity index (χ3v) is 4.64. The van der Waals surface area contributed by atoms with E-state index in [-0.39, 0.29) is 0 Å². The van der Waals surface area contributed by atoms with Crippen molar-refractivity contribution in [1.29, 1.82) is 0 Å². The maximum Gasteiger partial charge on any atom is 0.185 e. The summed E-state index contributed by atoms with van der Waals surface area (Å²) >= 11 is 0. The molecule has 3 aromatic heterocycles. The molecule has 0 unspecified atom stereocenters. The minimum Gasteiger partial charge on any atom is -0.372 e. The van der Waals surface area contributed by atoms with Gasteiger partial charge in [0.2, 0.25) is 0 Å². The second-order valence-corrected chi connectivity index (χ2v) is 6.44. The highest BCUT2D eigenvalue weighted by Crippen LogP contribution is 2.20. The Morgan fingerprint density at radius 2 is 1.93 bits per heavy atom. The van der Waals surface area contributed by atoms with Crippen LogP contribution in [0, 0.1) is 0 Å². The monoisotopic (exact) mass is 362 g/mol. The van der Waals surface area contributed by atoms with Gasteiger partial charge in [-0.15, -0.1) is 25.5 Å². The van der Waals surface area contributed by atoms with E-state index in [4.69, 9.17) is 9.84 Å². The lowest BCUT2D eigenvalue weighted by atomic mass is 10.2. The molecule has 0 radical (unpaired) electrons. The van der Waals surface area contributed by atoms with Crippen molar-refractivity contribution in [2.75, 3.05) is 18.6 Å². The summed E-state index contributed by atoms with van der Waals surface area (Å²) in [6.45, 7) is 2.59. The molecule has 4 aromatic rings. The van der Waals surface area contributed by atoms with Crippen LogP contribution in [0.15, 0.2) is 42.5 Å². The number of hydrogen-bond donors (Lipinski definition) is 0. The maximum atomic E-state index is 5.43. The fourth-order valence-electron chi connectivity index (χ4n) is 3.22. The van der Waals surface area contributed by atoms with Gasteiger partial charge in [0.1, 0.15) is 12.4 Å². The number of anilines is 1. The number of ether oxygens (including phenoxy) is 1. The van der Waals surface area contributed by atoms with E-state index in [9.17, 15) is 0 Å². The van der Waals surface area contributed by atoms with Gasteiger partial charge < -0.3 is 14.2 Å². The Labute approximate surface area is 155 Å². The molecule has 9 nitrogen and oxygen atoms in total. The van der Waals surface area contributed by atoms with E-state index < -0.39 is 0 Å².